The maximum atomic E-state index is 12.2. The predicted molar refractivity (Wildman–Crippen MR) is 79.3 cm³/mol. The molecule has 2 N–H and O–H groups in total. The van der Waals surface area contributed by atoms with Crippen LogP contribution in [0.2, 0.25) is 0 Å². The molecule has 0 spiro atoms. The highest BCUT2D eigenvalue weighted by atomic mass is 32.2. The van der Waals surface area contributed by atoms with Crippen molar-refractivity contribution in [3.05, 3.63) is 16.1 Å². The van der Waals surface area contributed by atoms with E-state index in [2.05, 4.69) is 10.3 Å². The summed E-state index contributed by atoms with van der Waals surface area (Å²) in [5.74, 6) is 0.250. The van der Waals surface area contributed by atoms with Crippen LogP contribution in [0.15, 0.2) is 6.20 Å². The van der Waals surface area contributed by atoms with E-state index in [1.807, 2.05) is 13.8 Å². The number of carbonyl (C=O) groups excluding carboxylic acids is 1. The number of hydrogen-bond donors (Lipinski definition) is 2. The van der Waals surface area contributed by atoms with Crippen molar-refractivity contribution in [3.8, 4) is 0 Å². The van der Waals surface area contributed by atoms with Gasteiger partial charge in [-0.05, 0) is 13.8 Å². The maximum absolute atomic E-state index is 12.2. The number of aromatic nitrogens is 1. The van der Waals surface area contributed by atoms with E-state index < -0.39 is 12.0 Å². The molecule has 6 nitrogen and oxygen atoms in total. The summed E-state index contributed by atoms with van der Waals surface area (Å²) in [6, 6.07) is -1.30. The molecular weight excluding hydrogens is 298 g/mol. The minimum Gasteiger partial charge on any atom is -0.480 e. The first-order valence-electron chi connectivity index (χ1n) is 6.29. The fourth-order valence-corrected chi connectivity index (χ4v) is 3.77. The van der Waals surface area contributed by atoms with Gasteiger partial charge in [-0.25, -0.2) is 14.6 Å². The quantitative estimate of drug-likeness (QED) is 0.887. The lowest BCUT2D eigenvalue weighted by Gasteiger charge is -2.33. The monoisotopic (exact) mass is 315 g/mol. The third-order valence-electron chi connectivity index (χ3n) is 3.02. The van der Waals surface area contributed by atoms with E-state index in [-0.39, 0.29) is 12.1 Å². The molecule has 20 heavy (non-hydrogen) atoms. The highest BCUT2D eigenvalue weighted by molar-refractivity contribution is 7.99. The fraction of sp³-hybridized carbons (Fsp3) is 0.583. The first-order valence-corrected chi connectivity index (χ1v) is 8.26. The molecule has 1 aromatic heterocycles. The minimum atomic E-state index is -0.954. The molecule has 1 aromatic rings. The second-order valence-electron chi connectivity index (χ2n) is 4.60. The van der Waals surface area contributed by atoms with E-state index in [1.165, 1.54) is 16.2 Å². The highest BCUT2D eigenvalue weighted by Crippen LogP contribution is 2.21. The molecule has 2 unspecified atom stereocenters. The molecule has 1 saturated heterocycles. The molecular formula is C12H17N3O3S2. The Kier molecular flexibility index (Phi) is 4.87. The van der Waals surface area contributed by atoms with Crippen LogP contribution in [-0.2, 0) is 4.79 Å². The number of carbonyl (C=O) groups is 2. The summed E-state index contributed by atoms with van der Waals surface area (Å²) in [5.41, 5.74) is 0. The molecule has 2 rings (SSSR count). The van der Waals surface area contributed by atoms with Gasteiger partial charge in [-0.2, -0.15) is 11.8 Å². The summed E-state index contributed by atoms with van der Waals surface area (Å²) in [6.07, 6.45) is 1.76. The Bertz CT molecular complexity index is 506. The Hall–Kier alpha value is -1.28. The molecule has 8 heteroatoms. The second-order valence-corrected chi connectivity index (χ2v) is 7.02. The van der Waals surface area contributed by atoms with Crippen molar-refractivity contribution in [3.63, 3.8) is 0 Å². The Morgan fingerprint density at radius 1 is 1.60 bits per heavy atom. The number of hydrogen-bond acceptors (Lipinski definition) is 5. The van der Waals surface area contributed by atoms with Crippen LogP contribution >= 0.6 is 23.1 Å². The van der Waals surface area contributed by atoms with Gasteiger partial charge in [0, 0.05) is 29.1 Å². The van der Waals surface area contributed by atoms with Gasteiger partial charge >= 0.3 is 12.0 Å². The van der Waals surface area contributed by atoms with Gasteiger partial charge in [-0.1, -0.05) is 0 Å². The summed E-state index contributed by atoms with van der Waals surface area (Å²) in [5, 5.41) is 12.8. The van der Waals surface area contributed by atoms with Crippen LogP contribution in [-0.4, -0.2) is 51.1 Å². The van der Waals surface area contributed by atoms with Crippen LogP contribution in [0.25, 0.3) is 0 Å². The first-order chi connectivity index (χ1) is 9.49. The molecule has 0 saturated carbocycles. The Morgan fingerprint density at radius 3 is 2.95 bits per heavy atom. The average molecular weight is 315 g/mol. The van der Waals surface area contributed by atoms with Gasteiger partial charge in [0.15, 0.2) is 0 Å². The largest absolute Gasteiger partial charge is 0.480 e. The molecule has 1 fully saturated rings. The minimum absolute atomic E-state index is 0.217. The number of thiazole rings is 1. The van der Waals surface area contributed by atoms with Gasteiger partial charge in [0.1, 0.15) is 11.0 Å². The molecule has 0 aliphatic carbocycles. The van der Waals surface area contributed by atoms with Crippen molar-refractivity contribution in [2.75, 3.05) is 18.1 Å². The number of aliphatic carboxylic acids is 1. The van der Waals surface area contributed by atoms with Crippen molar-refractivity contribution in [1.82, 2.24) is 15.2 Å². The van der Waals surface area contributed by atoms with Crippen LogP contribution in [0.4, 0.5) is 4.79 Å². The fourth-order valence-electron chi connectivity index (χ4n) is 1.95. The summed E-state index contributed by atoms with van der Waals surface area (Å²) in [7, 11) is 0. The van der Waals surface area contributed by atoms with Crippen LogP contribution in [0, 0.1) is 6.92 Å². The molecule has 110 valence electrons. The Balaban J connectivity index is 2.01. The van der Waals surface area contributed by atoms with E-state index in [9.17, 15) is 9.59 Å². The summed E-state index contributed by atoms with van der Waals surface area (Å²) in [6.45, 7) is 4.26. The lowest BCUT2D eigenvalue weighted by molar-refractivity contribution is -0.141. The number of amides is 2. The van der Waals surface area contributed by atoms with Gasteiger partial charge < -0.3 is 15.3 Å². The van der Waals surface area contributed by atoms with Crippen molar-refractivity contribution in [1.29, 1.82) is 0 Å². The maximum Gasteiger partial charge on any atom is 0.327 e. The molecule has 0 radical (unpaired) electrons. The van der Waals surface area contributed by atoms with Gasteiger partial charge in [0.05, 0.1) is 6.04 Å². The van der Waals surface area contributed by atoms with Crippen molar-refractivity contribution < 1.29 is 14.7 Å². The zero-order valence-corrected chi connectivity index (χ0v) is 13.0. The van der Waals surface area contributed by atoms with Crippen molar-refractivity contribution in [2.24, 2.45) is 0 Å². The molecule has 2 amide bonds. The zero-order valence-electron chi connectivity index (χ0n) is 11.3. The number of urea groups is 1. The number of nitrogens with zero attached hydrogens (tertiary/aromatic N) is 2. The third kappa shape index (κ3) is 3.43. The van der Waals surface area contributed by atoms with Gasteiger partial charge in [0.2, 0.25) is 0 Å². The molecule has 1 aliphatic heterocycles. The Morgan fingerprint density at radius 2 is 2.35 bits per heavy atom. The average Bonchev–Trinajstić information content (AvgIpc) is 2.85. The van der Waals surface area contributed by atoms with Crippen LogP contribution in [0.1, 0.15) is 22.9 Å². The number of aryl methyl sites for hydroxylation is 1. The highest BCUT2D eigenvalue weighted by Gasteiger charge is 2.33. The number of rotatable bonds is 3. The van der Waals surface area contributed by atoms with E-state index in [4.69, 9.17) is 5.11 Å². The van der Waals surface area contributed by atoms with E-state index in [0.29, 0.717) is 12.3 Å². The van der Waals surface area contributed by atoms with Crippen molar-refractivity contribution >= 4 is 35.1 Å². The zero-order chi connectivity index (χ0) is 14.7. The van der Waals surface area contributed by atoms with Crippen LogP contribution < -0.4 is 5.32 Å². The topological polar surface area (TPSA) is 82.5 Å². The van der Waals surface area contributed by atoms with E-state index in [1.54, 1.807) is 18.0 Å². The van der Waals surface area contributed by atoms with Crippen LogP contribution in [0.3, 0.4) is 0 Å². The summed E-state index contributed by atoms with van der Waals surface area (Å²) in [4.78, 5) is 30.1. The van der Waals surface area contributed by atoms with Gasteiger partial charge in [-0.15, -0.1) is 11.3 Å². The number of nitrogens with one attached hydrogen (secondary N) is 1. The molecule has 0 bridgehead atoms. The molecule has 2 atom stereocenters. The number of thioether (sulfide) groups is 1. The standard InChI is InChI=1S/C12H17N3O3S2/c1-7-5-13-10(20-7)8(2)14-12(18)15-3-4-19-6-9(15)11(16)17/h5,8-9H,3-4,6H2,1-2H3,(H,14,18)(H,16,17). The van der Waals surface area contributed by atoms with Crippen molar-refractivity contribution in [2.45, 2.75) is 25.9 Å². The van der Waals surface area contributed by atoms with Gasteiger partial charge in [0.25, 0.3) is 0 Å². The van der Waals surface area contributed by atoms with E-state index in [0.717, 1.165) is 15.6 Å². The molecule has 1 aliphatic rings. The summed E-state index contributed by atoms with van der Waals surface area (Å²) >= 11 is 3.09. The Labute approximate surface area is 125 Å². The SMILES string of the molecule is Cc1cnc(C(C)NC(=O)N2CCSCC2C(=O)O)s1. The lowest BCUT2D eigenvalue weighted by atomic mass is 10.3. The normalized spacial score (nSPS) is 20.5. The second kappa shape index (κ2) is 6.45. The first kappa shape index (κ1) is 15.1. The predicted octanol–water partition coefficient (Wildman–Crippen LogP) is 1.72. The van der Waals surface area contributed by atoms with Gasteiger partial charge in [-0.3, -0.25) is 0 Å². The third-order valence-corrected chi connectivity index (χ3v) is 5.14. The molecule has 2 heterocycles. The number of carboxylic acid groups (broad SMARTS) is 1. The summed E-state index contributed by atoms with van der Waals surface area (Å²) < 4.78 is 0. The smallest absolute Gasteiger partial charge is 0.327 e. The lowest BCUT2D eigenvalue weighted by Crippen LogP contribution is -2.54. The van der Waals surface area contributed by atoms with Crippen LogP contribution in [0.5, 0.6) is 0 Å². The van der Waals surface area contributed by atoms with E-state index >= 15 is 0 Å². The number of carboxylic acids is 1. The molecule has 0 aromatic carbocycles.